The van der Waals surface area contributed by atoms with Gasteiger partial charge in [-0.15, -0.1) is 11.3 Å². The highest BCUT2D eigenvalue weighted by Gasteiger charge is 2.49. The van der Waals surface area contributed by atoms with Crippen LogP contribution in [0.2, 0.25) is 0 Å². The van der Waals surface area contributed by atoms with Gasteiger partial charge in [-0.05, 0) is 0 Å². The monoisotopic (exact) mass is 750 g/mol. The number of hydrogen-bond acceptors (Lipinski definition) is 17. The smallest absolute Gasteiger partial charge is 0.465 e. The number of fused-ring (bicyclic) bond motifs is 1. The van der Waals surface area contributed by atoms with Crippen molar-refractivity contribution in [1.29, 1.82) is 0 Å². The molecule has 1 aliphatic heterocycles. The Morgan fingerprint density at radius 3 is 2.52 bits per heavy atom. The van der Waals surface area contributed by atoms with Gasteiger partial charge in [-0.2, -0.15) is 8.62 Å². The second-order valence-corrected chi connectivity index (χ2v) is 14.5. The van der Waals surface area contributed by atoms with Crippen molar-refractivity contribution in [3.05, 3.63) is 27.3 Å². The highest BCUT2D eigenvalue weighted by Crippen LogP contribution is 2.66. The normalized spacial score (nSPS) is 22.7. The third-order valence-corrected chi connectivity index (χ3v) is 10.7. The molecule has 3 aromatic rings. The average molecular weight is 750 g/mol. The number of aromatic nitrogens is 4. The number of carbonyl (C=O) groups excluding carboxylic acids is 2. The number of imidazole rings is 1. The van der Waals surface area contributed by atoms with Gasteiger partial charge in [0.1, 0.15) is 36.1 Å². The van der Waals surface area contributed by atoms with Crippen LogP contribution in [-0.2, 0) is 50.6 Å². The van der Waals surface area contributed by atoms with E-state index in [0.717, 1.165) is 11.3 Å². The number of esters is 1. The molecule has 3 aromatic heterocycles. The Morgan fingerprint density at radius 2 is 1.87 bits per heavy atom. The van der Waals surface area contributed by atoms with Crippen LogP contribution in [0.1, 0.15) is 16.6 Å². The summed E-state index contributed by atoms with van der Waals surface area (Å²) in [5.41, 5.74) is 6.47. The zero-order valence-electron chi connectivity index (χ0n) is 23.2. The molecule has 254 valence electrons. The summed E-state index contributed by atoms with van der Waals surface area (Å²) in [6.07, 6.45) is -3.71. The van der Waals surface area contributed by atoms with Crippen molar-refractivity contribution in [2.45, 2.75) is 24.5 Å². The van der Waals surface area contributed by atoms with Crippen LogP contribution in [0, 0.1) is 4.64 Å². The van der Waals surface area contributed by atoms with E-state index in [4.69, 9.17) is 46.5 Å². The molecule has 4 rings (SSSR count). The lowest BCUT2D eigenvalue weighted by molar-refractivity contribution is -0.127. The Labute approximate surface area is 266 Å². The highest BCUT2D eigenvalue weighted by molar-refractivity contribution is 7.71. The molecule has 1 saturated heterocycles. The molecule has 0 spiro atoms. The maximum atomic E-state index is 12.8. The van der Waals surface area contributed by atoms with E-state index < -0.39 is 73.1 Å². The number of nitrogen functional groups attached to an aromatic ring is 1. The van der Waals surface area contributed by atoms with Gasteiger partial charge in [0.05, 0.1) is 31.3 Å². The topological polar surface area (TPSA) is 315 Å². The number of nitrogens with zero attached hydrogens (tertiary/aromatic N) is 3. The summed E-state index contributed by atoms with van der Waals surface area (Å²) in [7, 11) is -14.6. The first-order valence-corrected chi connectivity index (χ1v) is 18.1. The zero-order chi connectivity index (χ0) is 34.0. The van der Waals surface area contributed by atoms with Crippen LogP contribution in [-0.4, -0.2) is 96.7 Å². The molecule has 0 bridgehead atoms. The van der Waals surface area contributed by atoms with E-state index in [2.05, 4.69) is 33.6 Å². The number of nitrogens with two attached hydrogens (primary N) is 1. The van der Waals surface area contributed by atoms with Crippen LogP contribution in [0.5, 0.6) is 0 Å². The molecule has 46 heavy (non-hydrogen) atoms. The van der Waals surface area contributed by atoms with Gasteiger partial charge in [-0.3, -0.25) is 13.9 Å². The minimum atomic E-state index is -5.81. The minimum Gasteiger partial charge on any atom is -0.465 e. The number of carbonyl (C=O) groups is 2. The third-order valence-electron chi connectivity index (χ3n) is 5.86. The Balaban J connectivity index is 1.58. The standard InChI is InChI=1S/C19H25N6O16P3S2/c1-35-14-13(37-4-11(26)22-9-6-46-5-8(9)18(27)36-2)10(3-38-43(31,32)41-44(33,34)40-42(28,29)30)39-17(14)25-7-21-12-15(25)23-19(20)24-16(12)45/h5-7,10,13-14,17H,3-4H2,1-2H3,(H,22,26)(H,31,32)(H,33,34)(H2,28,29,30)(H3,20,23,24,45). The van der Waals surface area contributed by atoms with Gasteiger partial charge >= 0.3 is 29.4 Å². The average Bonchev–Trinajstić information content (AvgIpc) is 3.65. The Hall–Kier alpha value is -2.50. The number of phosphoric acid groups is 3. The quantitative estimate of drug-likeness (QED) is 0.0691. The van der Waals surface area contributed by atoms with E-state index >= 15 is 0 Å². The van der Waals surface area contributed by atoms with Gasteiger partial charge in [0.25, 0.3) is 0 Å². The molecule has 4 heterocycles. The maximum absolute atomic E-state index is 12.8. The largest absolute Gasteiger partial charge is 0.490 e. The van der Waals surface area contributed by atoms with Crippen LogP contribution in [0.25, 0.3) is 11.2 Å². The summed E-state index contributed by atoms with van der Waals surface area (Å²) in [4.78, 5) is 72.6. The first-order chi connectivity index (χ1) is 21.4. The Bertz CT molecular complexity index is 1810. The van der Waals surface area contributed by atoms with Crippen molar-refractivity contribution in [2.75, 3.05) is 38.5 Å². The molecule has 8 N–H and O–H groups in total. The number of aromatic amines is 1. The van der Waals surface area contributed by atoms with E-state index in [-0.39, 0.29) is 33.0 Å². The summed E-state index contributed by atoms with van der Waals surface area (Å²) in [5.74, 6) is -1.51. The second-order valence-electron chi connectivity index (χ2n) is 8.94. The number of methoxy groups -OCH3 is 2. The summed E-state index contributed by atoms with van der Waals surface area (Å²) >= 11 is 6.31. The maximum Gasteiger partial charge on any atom is 0.490 e. The molecule has 0 aliphatic carbocycles. The third kappa shape index (κ3) is 8.89. The van der Waals surface area contributed by atoms with Crippen molar-refractivity contribution in [3.8, 4) is 0 Å². The van der Waals surface area contributed by atoms with E-state index in [0.29, 0.717) is 0 Å². The Morgan fingerprint density at radius 1 is 1.15 bits per heavy atom. The summed E-state index contributed by atoms with van der Waals surface area (Å²) in [6, 6.07) is 0. The molecule has 1 amide bonds. The number of phosphoric ester groups is 1. The van der Waals surface area contributed by atoms with Crippen molar-refractivity contribution < 1.29 is 75.0 Å². The molecular formula is C19H25N6O16P3S2. The van der Waals surface area contributed by atoms with Gasteiger partial charge < -0.3 is 54.6 Å². The Kier molecular flexibility index (Phi) is 11.3. The SMILES string of the molecule is COC(=O)c1cscc1NC(=O)COC1C(COP(=O)(O)OP(=O)(O)OP(=O)(O)O)OC(n2cnc3c(=S)nc(N)[nH]c32)C1OC. The highest BCUT2D eigenvalue weighted by atomic mass is 32.1. The van der Waals surface area contributed by atoms with E-state index in [9.17, 15) is 33.1 Å². The van der Waals surface area contributed by atoms with Gasteiger partial charge in [-0.25, -0.2) is 28.5 Å². The lowest BCUT2D eigenvalue weighted by atomic mass is 10.1. The first kappa shape index (κ1) is 36.3. The number of anilines is 2. The predicted molar refractivity (Wildman–Crippen MR) is 156 cm³/mol. The van der Waals surface area contributed by atoms with Crippen LogP contribution >= 0.6 is 47.0 Å². The van der Waals surface area contributed by atoms with Gasteiger partial charge in [0, 0.05) is 17.9 Å². The molecule has 27 heteroatoms. The molecule has 1 fully saturated rings. The van der Waals surface area contributed by atoms with Crippen molar-refractivity contribution in [1.82, 2.24) is 19.5 Å². The number of hydrogen-bond donors (Lipinski definition) is 7. The molecule has 6 atom stereocenters. The molecule has 0 aromatic carbocycles. The fourth-order valence-corrected chi connectivity index (χ4v) is 8.18. The number of amides is 1. The van der Waals surface area contributed by atoms with Gasteiger partial charge in [0.15, 0.2) is 16.8 Å². The second kappa shape index (κ2) is 14.3. The van der Waals surface area contributed by atoms with Crippen LogP contribution in [0.4, 0.5) is 11.6 Å². The predicted octanol–water partition coefficient (Wildman–Crippen LogP) is 1.20. The van der Waals surface area contributed by atoms with Crippen LogP contribution in [0.3, 0.4) is 0 Å². The van der Waals surface area contributed by atoms with Gasteiger partial charge in [0.2, 0.25) is 5.91 Å². The van der Waals surface area contributed by atoms with Crippen LogP contribution < -0.4 is 11.1 Å². The van der Waals surface area contributed by atoms with Crippen molar-refractivity contribution in [2.24, 2.45) is 0 Å². The lowest BCUT2D eigenvalue weighted by Crippen LogP contribution is -2.39. The van der Waals surface area contributed by atoms with E-state index in [1.54, 1.807) is 0 Å². The molecule has 6 unspecified atom stereocenters. The number of H-pyrrole nitrogens is 1. The fourth-order valence-electron chi connectivity index (χ4n) is 4.16. The van der Waals surface area contributed by atoms with Gasteiger partial charge in [-0.1, -0.05) is 12.2 Å². The number of nitrogens with one attached hydrogen (secondary N) is 2. The van der Waals surface area contributed by atoms with Crippen molar-refractivity contribution >= 4 is 81.7 Å². The van der Waals surface area contributed by atoms with E-state index in [1.165, 1.54) is 35.9 Å². The lowest BCUT2D eigenvalue weighted by Gasteiger charge is -2.24. The summed E-state index contributed by atoms with van der Waals surface area (Å²) in [6.45, 7) is -1.64. The molecular weight excluding hydrogens is 725 g/mol. The summed E-state index contributed by atoms with van der Waals surface area (Å²) in [5, 5.41) is 5.43. The molecule has 1 aliphatic rings. The summed E-state index contributed by atoms with van der Waals surface area (Å²) < 4.78 is 70.8. The fraction of sp³-hybridized carbons (Fsp3) is 0.421. The van der Waals surface area contributed by atoms with Crippen LogP contribution in [0.15, 0.2) is 17.1 Å². The molecule has 22 nitrogen and oxygen atoms in total. The molecule has 0 saturated carbocycles. The zero-order valence-corrected chi connectivity index (χ0v) is 27.5. The van der Waals surface area contributed by atoms with E-state index in [1.807, 2.05) is 0 Å². The number of thiophene rings is 1. The number of ether oxygens (including phenoxy) is 4. The number of rotatable bonds is 14. The minimum absolute atomic E-state index is 0.0467. The van der Waals surface area contributed by atoms with Crippen molar-refractivity contribution in [3.63, 3.8) is 0 Å². The molecule has 0 radical (unpaired) electrons. The first-order valence-electron chi connectivity index (χ1n) is 12.2.